The molecule has 0 aromatic carbocycles. The van der Waals surface area contributed by atoms with Crippen molar-refractivity contribution in [1.82, 2.24) is 39.9 Å². The van der Waals surface area contributed by atoms with E-state index in [-0.39, 0.29) is 17.8 Å². The Balaban J connectivity index is 1.56. The van der Waals surface area contributed by atoms with E-state index in [2.05, 4.69) is 45.1 Å². The standard InChI is InChI=1S/C28H19ClN12/c29-20-13-14-21(34-19-20)38-39-26-35-27(40(22-9-1-5-15-30-22)23-10-2-6-16-31-23)37-28(36-26)41(24-11-3-7-17-32-24)25-12-4-8-18-33-25/h1-19H. The Kier molecular flexibility index (Phi) is 7.45. The molecule has 6 heterocycles. The molecule has 12 nitrogen and oxygen atoms in total. The van der Waals surface area contributed by atoms with Crippen molar-refractivity contribution in [3.8, 4) is 0 Å². The van der Waals surface area contributed by atoms with Gasteiger partial charge >= 0.3 is 0 Å². The predicted octanol–water partition coefficient (Wildman–Crippen LogP) is 6.86. The second-order valence-electron chi connectivity index (χ2n) is 8.19. The summed E-state index contributed by atoms with van der Waals surface area (Å²) >= 11 is 5.97. The Hall–Kier alpha value is -5.75. The molecule has 0 saturated heterocycles. The van der Waals surface area contributed by atoms with E-state index in [1.165, 1.54) is 6.20 Å². The molecule has 0 N–H and O–H groups in total. The van der Waals surface area contributed by atoms with Crippen LogP contribution in [0, 0.1) is 0 Å². The first kappa shape index (κ1) is 25.5. The van der Waals surface area contributed by atoms with E-state index in [1.54, 1.807) is 46.7 Å². The van der Waals surface area contributed by atoms with Crippen LogP contribution in [0.1, 0.15) is 0 Å². The average Bonchev–Trinajstić information content (AvgIpc) is 3.03. The highest BCUT2D eigenvalue weighted by molar-refractivity contribution is 6.30. The molecule has 0 amide bonds. The van der Waals surface area contributed by atoms with Crippen LogP contribution in [-0.4, -0.2) is 39.9 Å². The number of aromatic nitrogens is 8. The summed E-state index contributed by atoms with van der Waals surface area (Å²) in [5, 5.41) is 8.98. The van der Waals surface area contributed by atoms with Crippen LogP contribution in [-0.2, 0) is 0 Å². The van der Waals surface area contributed by atoms with Gasteiger partial charge in [0.1, 0.15) is 23.3 Å². The van der Waals surface area contributed by atoms with Gasteiger partial charge in [0.2, 0.25) is 11.9 Å². The number of hydrogen-bond acceptors (Lipinski definition) is 12. The maximum Gasteiger partial charge on any atom is 0.275 e. The Morgan fingerprint density at radius 3 is 1.32 bits per heavy atom. The van der Waals surface area contributed by atoms with Crippen LogP contribution in [0.15, 0.2) is 126 Å². The Labute approximate surface area is 239 Å². The summed E-state index contributed by atoms with van der Waals surface area (Å²) in [6.45, 7) is 0. The summed E-state index contributed by atoms with van der Waals surface area (Å²) in [6.07, 6.45) is 8.18. The van der Waals surface area contributed by atoms with E-state index in [0.717, 1.165) is 0 Å². The van der Waals surface area contributed by atoms with Crippen molar-refractivity contribution in [2.45, 2.75) is 0 Å². The fourth-order valence-electron chi connectivity index (χ4n) is 3.70. The van der Waals surface area contributed by atoms with Crippen molar-refractivity contribution < 1.29 is 0 Å². The summed E-state index contributed by atoms with van der Waals surface area (Å²) in [5.41, 5.74) is 0. The molecule has 0 bridgehead atoms. The lowest BCUT2D eigenvalue weighted by atomic mass is 10.3. The van der Waals surface area contributed by atoms with Crippen LogP contribution in [0.25, 0.3) is 0 Å². The number of rotatable bonds is 8. The lowest BCUT2D eigenvalue weighted by molar-refractivity contribution is 0.931. The number of hydrogen-bond donors (Lipinski definition) is 0. The normalized spacial score (nSPS) is 11.0. The molecule has 198 valence electrons. The molecule has 41 heavy (non-hydrogen) atoms. The number of anilines is 6. The van der Waals surface area contributed by atoms with Crippen LogP contribution >= 0.6 is 11.6 Å². The third-order valence-electron chi connectivity index (χ3n) is 5.47. The molecule has 0 saturated carbocycles. The van der Waals surface area contributed by atoms with Crippen molar-refractivity contribution >= 4 is 58.5 Å². The molecule has 0 atom stereocenters. The molecular formula is C28H19ClN12. The van der Waals surface area contributed by atoms with Crippen molar-refractivity contribution in [3.63, 3.8) is 0 Å². The van der Waals surface area contributed by atoms with E-state index in [9.17, 15) is 0 Å². The Bertz CT molecular complexity index is 1560. The van der Waals surface area contributed by atoms with E-state index in [0.29, 0.717) is 34.1 Å². The molecule has 0 fully saturated rings. The van der Waals surface area contributed by atoms with Crippen LogP contribution in [0.4, 0.5) is 46.9 Å². The van der Waals surface area contributed by atoms with E-state index in [1.807, 2.05) is 72.8 Å². The fraction of sp³-hybridized carbons (Fsp3) is 0. The zero-order chi connectivity index (χ0) is 27.9. The minimum Gasteiger partial charge on any atom is -0.246 e. The molecule has 0 aliphatic heterocycles. The quantitative estimate of drug-likeness (QED) is 0.182. The average molecular weight is 559 g/mol. The number of nitrogens with zero attached hydrogens (tertiary/aromatic N) is 12. The van der Waals surface area contributed by atoms with E-state index >= 15 is 0 Å². The van der Waals surface area contributed by atoms with E-state index < -0.39 is 0 Å². The molecular weight excluding hydrogens is 540 g/mol. The van der Waals surface area contributed by atoms with E-state index in [4.69, 9.17) is 16.6 Å². The van der Waals surface area contributed by atoms with Crippen LogP contribution in [0.5, 0.6) is 0 Å². The van der Waals surface area contributed by atoms with Gasteiger partial charge in [-0.15, -0.1) is 10.2 Å². The van der Waals surface area contributed by atoms with Crippen LogP contribution in [0.3, 0.4) is 0 Å². The zero-order valence-electron chi connectivity index (χ0n) is 21.2. The summed E-state index contributed by atoms with van der Waals surface area (Å²) < 4.78 is 0. The van der Waals surface area contributed by atoms with Crippen LogP contribution in [0.2, 0.25) is 5.02 Å². The smallest absolute Gasteiger partial charge is 0.246 e. The molecule has 0 radical (unpaired) electrons. The summed E-state index contributed by atoms with van der Waals surface area (Å²) in [4.78, 5) is 39.8. The van der Waals surface area contributed by atoms with Crippen molar-refractivity contribution in [1.29, 1.82) is 0 Å². The molecule has 0 spiro atoms. The molecule has 0 aliphatic carbocycles. The third kappa shape index (κ3) is 5.97. The van der Waals surface area contributed by atoms with Gasteiger partial charge in [-0.05, 0) is 60.7 Å². The monoisotopic (exact) mass is 558 g/mol. The Morgan fingerprint density at radius 2 is 0.951 bits per heavy atom. The lowest BCUT2D eigenvalue weighted by Gasteiger charge is -2.24. The van der Waals surface area contributed by atoms with Gasteiger partial charge in [-0.25, -0.2) is 34.7 Å². The van der Waals surface area contributed by atoms with Gasteiger partial charge in [0.15, 0.2) is 5.82 Å². The Morgan fingerprint density at radius 1 is 0.488 bits per heavy atom. The summed E-state index contributed by atoms with van der Waals surface area (Å²) in [7, 11) is 0. The minimum atomic E-state index is 0.00970. The predicted molar refractivity (Wildman–Crippen MR) is 154 cm³/mol. The van der Waals surface area contributed by atoms with Crippen molar-refractivity contribution in [3.05, 3.63) is 121 Å². The molecule has 6 aromatic rings. The third-order valence-corrected chi connectivity index (χ3v) is 5.69. The highest BCUT2D eigenvalue weighted by Gasteiger charge is 2.24. The lowest BCUT2D eigenvalue weighted by Crippen LogP contribution is -2.20. The summed E-state index contributed by atoms with van der Waals surface area (Å²) in [5.74, 6) is 2.87. The van der Waals surface area contributed by atoms with Crippen LogP contribution < -0.4 is 9.80 Å². The van der Waals surface area contributed by atoms with Gasteiger partial charge < -0.3 is 0 Å². The van der Waals surface area contributed by atoms with Crippen molar-refractivity contribution in [2.75, 3.05) is 9.80 Å². The van der Waals surface area contributed by atoms with Gasteiger partial charge in [-0.1, -0.05) is 35.9 Å². The maximum absolute atomic E-state index is 5.97. The second-order valence-corrected chi connectivity index (χ2v) is 8.63. The molecule has 6 aromatic heterocycles. The highest BCUT2D eigenvalue weighted by Crippen LogP contribution is 2.34. The SMILES string of the molecule is Clc1ccc(N=Nc2nc(N(c3ccccn3)c3ccccn3)nc(N(c3ccccn3)c3ccccn3)n2)nc1. The van der Waals surface area contributed by atoms with Gasteiger partial charge in [-0.2, -0.15) is 15.0 Å². The molecule has 6 rings (SSSR count). The first-order valence-electron chi connectivity index (χ1n) is 12.3. The zero-order valence-corrected chi connectivity index (χ0v) is 22.0. The fourth-order valence-corrected chi connectivity index (χ4v) is 3.81. The minimum absolute atomic E-state index is 0.00970. The molecule has 13 heteroatoms. The molecule has 0 unspecified atom stereocenters. The van der Waals surface area contributed by atoms with Gasteiger partial charge in [0.05, 0.1) is 5.02 Å². The van der Waals surface area contributed by atoms with Gasteiger partial charge in [0, 0.05) is 31.0 Å². The largest absolute Gasteiger partial charge is 0.275 e. The number of halogens is 1. The first-order chi connectivity index (χ1) is 20.2. The van der Waals surface area contributed by atoms with Gasteiger partial charge in [-0.3, -0.25) is 0 Å². The highest BCUT2D eigenvalue weighted by atomic mass is 35.5. The second kappa shape index (κ2) is 12.0. The molecule has 0 aliphatic rings. The topological polar surface area (TPSA) is 134 Å². The van der Waals surface area contributed by atoms with Crippen molar-refractivity contribution in [2.24, 2.45) is 10.2 Å². The number of pyridine rings is 5. The first-order valence-corrected chi connectivity index (χ1v) is 12.7. The maximum atomic E-state index is 5.97. The van der Waals surface area contributed by atoms with Gasteiger partial charge in [0.25, 0.3) is 5.95 Å². The number of azo groups is 1. The summed E-state index contributed by atoms with van der Waals surface area (Å²) in [6, 6.07) is 25.3.